The smallest absolute Gasteiger partial charge is 0.404 e. The SMILES string of the molecule is C#CC(C)N=C(C)C(=CN)C(C)=Nc1cccc(C(F)(F)F)c1. The Morgan fingerprint density at radius 1 is 1.30 bits per heavy atom. The highest BCUT2D eigenvalue weighted by Crippen LogP contribution is 2.31. The Bertz CT molecular complexity index is 692. The Morgan fingerprint density at radius 2 is 1.96 bits per heavy atom. The monoisotopic (exact) mass is 321 g/mol. The summed E-state index contributed by atoms with van der Waals surface area (Å²) in [7, 11) is 0. The third-order valence-electron chi connectivity index (χ3n) is 3.05. The molecule has 0 heterocycles. The van der Waals surface area contributed by atoms with E-state index in [4.69, 9.17) is 12.2 Å². The van der Waals surface area contributed by atoms with Crippen LogP contribution in [0.1, 0.15) is 26.3 Å². The van der Waals surface area contributed by atoms with Gasteiger partial charge in [0.25, 0.3) is 0 Å². The predicted octanol–water partition coefficient (Wildman–Crippen LogP) is 4.12. The zero-order valence-corrected chi connectivity index (χ0v) is 13.1. The van der Waals surface area contributed by atoms with Crippen molar-refractivity contribution in [3.63, 3.8) is 0 Å². The maximum Gasteiger partial charge on any atom is 0.416 e. The van der Waals surface area contributed by atoms with Gasteiger partial charge in [0.2, 0.25) is 0 Å². The van der Waals surface area contributed by atoms with Crippen LogP contribution in [0.4, 0.5) is 18.9 Å². The zero-order valence-electron chi connectivity index (χ0n) is 13.1. The summed E-state index contributed by atoms with van der Waals surface area (Å²) in [6.07, 6.45) is 2.18. The molecule has 1 unspecified atom stereocenters. The van der Waals surface area contributed by atoms with Crippen LogP contribution in [-0.4, -0.2) is 17.5 Å². The van der Waals surface area contributed by atoms with E-state index < -0.39 is 11.7 Å². The quantitative estimate of drug-likeness (QED) is 0.658. The van der Waals surface area contributed by atoms with Gasteiger partial charge in [-0.3, -0.25) is 9.98 Å². The van der Waals surface area contributed by atoms with Crippen LogP contribution in [0.2, 0.25) is 0 Å². The molecule has 1 atom stereocenters. The summed E-state index contributed by atoms with van der Waals surface area (Å²) in [5.41, 5.74) is 6.59. The van der Waals surface area contributed by atoms with Crippen molar-refractivity contribution in [2.45, 2.75) is 33.0 Å². The van der Waals surface area contributed by atoms with Gasteiger partial charge in [-0.25, -0.2) is 0 Å². The van der Waals surface area contributed by atoms with Gasteiger partial charge in [0.15, 0.2) is 0 Å². The van der Waals surface area contributed by atoms with Gasteiger partial charge in [0.05, 0.1) is 11.3 Å². The average Bonchev–Trinajstić information content (AvgIpc) is 2.47. The fourth-order valence-corrected chi connectivity index (χ4v) is 1.91. The lowest BCUT2D eigenvalue weighted by Gasteiger charge is -2.09. The van der Waals surface area contributed by atoms with Crippen LogP contribution in [0.5, 0.6) is 0 Å². The fourth-order valence-electron chi connectivity index (χ4n) is 1.91. The number of allylic oxidation sites excluding steroid dienone is 1. The van der Waals surface area contributed by atoms with Gasteiger partial charge in [-0.1, -0.05) is 12.0 Å². The zero-order chi connectivity index (χ0) is 17.6. The summed E-state index contributed by atoms with van der Waals surface area (Å²) in [4.78, 5) is 8.45. The number of rotatable bonds is 4. The van der Waals surface area contributed by atoms with E-state index in [1.54, 1.807) is 20.8 Å². The molecule has 122 valence electrons. The average molecular weight is 321 g/mol. The number of hydrogen-bond acceptors (Lipinski definition) is 3. The number of alkyl halides is 3. The van der Waals surface area contributed by atoms with Gasteiger partial charge in [-0.15, -0.1) is 6.42 Å². The van der Waals surface area contributed by atoms with E-state index in [1.165, 1.54) is 18.3 Å². The predicted molar refractivity (Wildman–Crippen MR) is 87.9 cm³/mol. The van der Waals surface area contributed by atoms with Crippen molar-refractivity contribution in [1.82, 2.24) is 0 Å². The Kier molecular flexibility index (Phi) is 6.14. The molecule has 6 heteroatoms. The largest absolute Gasteiger partial charge is 0.416 e. The highest BCUT2D eigenvalue weighted by atomic mass is 19.4. The molecule has 0 aliphatic carbocycles. The van der Waals surface area contributed by atoms with Crippen molar-refractivity contribution in [3.05, 3.63) is 41.6 Å². The Hall–Kier alpha value is -2.55. The number of halogens is 3. The van der Waals surface area contributed by atoms with Crippen LogP contribution in [0.25, 0.3) is 0 Å². The lowest BCUT2D eigenvalue weighted by atomic mass is 10.1. The van der Waals surface area contributed by atoms with Crippen LogP contribution in [-0.2, 0) is 6.18 Å². The molecule has 1 rings (SSSR count). The second-order valence-electron chi connectivity index (χ2n) is 4.88. The van der Waals surface area contributed by atoms with E-state index in [0.29, 0.717) is 17.0 Å². The van der Waals surface area contributed by atoms with Crippen LogP contribution >= 0.6 is 0 Å². The lowest BCUT2D eigenvalue weighted by molar-refractivity contribution is -0.137. The summed E-state index contributed by atoms with van der Waals surface area (Å²) in [5.74, 6) is 2.47. The molecule has 1 aromatic rings. The number of aliphatic imine (C=N–C) groups is 2. The van der Waals surface area contributed by atoms with E-state index in [-0.39, 0.29) is 11.7 Å². The summed E-state index contributed by atoms with van der Waals surface area (Å²) in [6, 6.07) is 4.45. The molecular weight excluding hydrogens is 303 g/mol. The highest BCUT2D eigenvalue weighted by Gasteiger charge is 2.30. The summed E-state index contributed by atoms with van der Waals surface area (Å²) in [6.45, 7) is 5.12. The van der Waals surface area contributed by atoms with Crippen LogP contribution in [0, 0.1) is 12.3 Å². The molecule has 0 aliphatic heterocycles. The van der Waals surface area contributed by atoms with Gasteiger partial charge < -0.3 is 5.73 Å². The third kappa shape index (κ3) is 5.29. The number of hydrogen-bond donors (Lipinski definition) is 1. The van der Waals surface area contributed by atoms with E-state index in [2.05, 4.69) is 15.9 Å². The Balaban J connectivity index is 3.17. The van der Waals surface area contributed by atoms with Crippen LogP contribution < -0.4 is 5.73 Å². The van der Waals surface area contributed by atoms with Crippen molar-refractivity contribution in [3.8, 4) is 12.3 Å². The van der Waals surface area contributed by atoms with Crippen molar-refractivity contribution in [2.24, 2.45) is 15.7 Å². The molecule has 23 heavy (non-hydrogen) atoms. The molecule has 2 N–H and O–H groups in total. The normalized spacial score (nSPS) is 15.3. The maximum absolute atomic E-state index is 12.7. The number of nitrogens with two attached hydrogens (primary N) is 1. The first-order valence-corrected chi connectivity index (χ1v) is 6.84. The molecule has 0 aliphatic rings. The fraction of sp³-hybridized carbons (Fsp3) is 0.294. The van der Waals surface area contributed by atoms with Gasteiger partial charge in [-0.2, -0.15) is 13.2 Å². The lowest BCUT2D eigenvalue weighted by Crippen LogP contribution is -2.12. The van der Waals surface area contributed by atoms with E-state index in [0.717, 1.165) is 12.1 Å². The topological polar surface area (TPSA) is 50.7 Å². The standard InChI is InChI=1S/C17H18F3N3/c1-5-11(2)22-12(3)16(10-21)13(4)23-15-8-6-7-14(9-15)17(18,19)20/h1,6-11H,21H2,2-4H3. The maximum atomic E-state index is 12.7. The minimum Gasteiger partial charge on any atom is -0.404 e. The number of nitrogens with zero attached hydrogens (tertiary/aromatic N) is 2. The van der Waals surface area contributed by atoms with Crippen molar-refractivity contribution < 1.29 is 13.2 Å². The second-order valence-corrected chi connectivity index (χ2v) is 4.88. The molecule has 0 aromatic heterocycles. The van der Waals surface area contributed by atoms with Crippen LogP contribution in [0.3, 0.4) is 0 Å². The minimum atomic E-state index is -4.41. The molecule has 1 aromatic carbocycles. The first-order chi connectivity index (χ1) is 10.7. The number of terminal acetylenes is 1. The number of benzene rings is 1. The van der Waals surface area contributed by atoms with Crippen molar-refractivity contribution in [1.29, 1.82) is 0 Å². The van der Waals surface area contributed by atoms with Gasteiger partial charge in [0.1, 0.15) is 6.04 Å². The summed E-state index contributed by atoms with van der Waals surface area (Å²) in [5, 5.41) is 0. The molecule has 0 amide bonds. The highest BCUT2D eigenvalue weighted by molar-refractivity contribution is 6.23. The summed E-state index contributed by atoms with van der Waals surface area (Å²) >= 11 is 0. The summed E-state index contributed by atoms with van der Waals surface area (Å²) < 4.78 is 38.2. The van der Waals surface area contributed by atoms with E-state index in [9.17, 15) is 13.2 Å². The first-order valence-electron chi connectivity index (χ1n) is 6.84. The molecular formula is C17H18F3N3. The molecule has 0 fully saturated rings. The Labute approximate surface area is 133 Å². The minimum absolute atomic E-state index is 0.189. The molecule has 3 nitrogen and oxygen atoms in total. The first kappa shape index (κ1) is 18.5. The third-order valence-corrected chi connectivity index (χ3v) is 3.05. The van der Waals surface area contributed by atoms with Gasteiger partial charge >= 0.3 is 6.18 Å². The van der Waals surface area contributed by atoms with Crippen LogP contribution in [0.15, 0.2) is 46.0 Å². The van der Waals surface area contributed by atoms with E-state index >= 15 is 0 Å². The van der Waals surface area contributed by atoms with Crippen molar-refractivity contribution >= 4 is 17.1 Å². The molecule has 0 bridgehead atoms. The Morgan fingerprint density at radius 3 is 2.48 bits per heavy atom. The van der Waals surface area contributed by atoms with Gasteiger partial charge in [-0.05, 0) is 39.0 Å². The van der Waals surface area contributed by atoms with Crippen molar-refractivity contribution in [2.75, 3.05) is 0 Å². The second kappa shape index (κ2) is 7.63. The molecule has 0 saturated carbocycles. The molecule has 0 radical (unpaired) electrons. The molecule has 0 saturated heterocycles. The molecule has 0 spiro atoms. The van der Waals surface area contributed by atoms with E-state index in [1.807, 2.05) is 0 Å². The van der Waals surface area contributed by atoms with Gasteiger partial charge in [0, 0.05) is 23.2 Å².